The van der Waals surface area contributed by atoms with Gasteiger partial charge in [-0.2, -0.15) is 0 Å². The Morgan fingerprint density at radius 2 is 2.19 bits per heavy atom. The van der Waals surface area contributed by atoms with E-state index in [4.69, 9.17) is 5.11 Å². The molecule has 2 atom stereocenters. The summed E-state index contributed by atoms with van der Waals surface area (Å²) in [6.07, 6.45) is 3.18. The van der Waals surface area contributed by atoms with E-state index in [1.807, 2.05) is 18.3 Å². The normalized spacial score (nSPS) is 20.4. The number of H-pyrrole nitrogens is 1. The number of aromatic nitrogens is 1. The molecule has 5 nitrogen and oxygen atoms in total. The van der Waals surface area contributed by atoms with E-state index in [2.05, 4.69) is 23.3 Å². The lowest BCUT2D eigenvalue weighted by molar-refractivity contribution is -0.140. The highest BCUT2D eigenvalue weighted by molar-refractivity contribution is 5.89. The molecule has 0 saturated heterocycles. The van der Waals surface area contributed by atoms with Crippen LogP contribution in [0, 0.1) is 18.8 Å². The lowest BCUT2D eigenvalue weighted by Gasteiger charge is -2.05. The minimum atomic E-state index is -0.873. The van der Waals surface area contributed by atoms with Gasteiger partial charge in [-0.15, -0.1) is 0 Å². The molecule has 1 saturated carbocycles. The third-order valence-corrected chi connectivity index (χ3v) is 4.13. The summed E-state index contributed by atoms with van der Waals surface area (Å²) >= 11 is 0. The van der Waals surface area contributed by atoms with Crippen LogP contribution in [0.3, 0.4) is 0 Å². The first-order valence-electron chi connectivity index (χ1n) is 7.14. The Hall–Kier alpha value is -2.30. The first-order chi connectivity index (χ1) is 10.1. The molecular formula is C16H18N2O3. The molecule has 3 rings (SSSR count). The monoisotopic (exact) mass is 286 g/mol. The van der Waals surface area contributed by atoms with Crippen molar-refractivity contribution >= 4 is 22.8 Å². The molecule has 1 amide bonds. The van der Waals surface area contributed by atoms with Gasteiger partial charge in [-0.1, -0.05) is 12.1 Å². The maximum atomic E-state index is 11.8. The third-order valence-electron chi connectivity index (χ3n) is 4.13. The van der Waals surface area contributed by atoms with E-state index < -0.39 is 11.9 Å². The molecule has 1 heterocycles. The van der Waals surface area contributed by atoms with Gasteiger partial charge in [0.15, 0.2) is 0 Å². The molecule has 0 bridgehead atoms. The Morgan fingerprint density at radius 3 is 2.90 bits per heavy atom. The fourth-order valence-corrected chi connectivity index (χ4v) is 2.86. The van der Waals surface area contributed by atoms with Crippen molar-refractivity contribution in [3.05, 3.63) is 35.5 Å². The Morgan fingerprint density at radius 1 is 1.38 bits per heavy atom. The zero-order chi connectivity index (χ0) is 15.0. The van der Waals surface area contributed by atoms with E-state index in [0.29, 0.717) is 13.0 Å². The number of fused-ring (bicyclic) bond motifs is 1. The number of carboxylic acid groups (broad SMARTS) is 1. The first kappa shape index (κ1) is 13.7. The number of carbonyl (C=O) groups is 2. The molecule has 2 aromatic rings. The van der Waals surface area contributed by atoms with Gasteiger partial charge in [-0.05, 0) is 37.0 Å². The fourth-order valence-electron chi connectivity index (χ4n) is 2.86. The summed E-state index contributed by atoms with van der Waals surface area (Å²) in [5, 5.41) is 12.9. The highest BCUT2D eigenvalue weighted by atomic mass is 16.4. The van der Waals surface area contributed by atoms with E-state index in [-0.39, 0.29) is 11.8 Å². The number of nitrogens with one attached hydrogen (secondary N) is 2. The molecular weight excluding hydrogens is 268 g/mol. The second kappa shape index (κ2) is 5.24. The molecule has 0 radical (unpaired) electrons. The molecule has 5 heteroatoms. The molecule has 1 aromatic heterocycles. The zero-order valence-electron chi connectivity index (χ0n) is 11.8. The Bertz CT molecular complexity index is 705. The SMILES string of the molecule is Cc1cccc2[nH]cc(CCNC(=O)[C@@H]3C[C@H]3C(=O)O)c12. The number of hydrogen-bond donors (Lipinski definition) is 3. The summed E-state index contributed by atoms with van der Waals surface area (Å²) < 4.78 is 0. The number of carboxylic acids is 1. The van der Waals surface area contributed by atoms with Gasteiger partial charge in [0, 0.05) is 23.6 Å². The number of aromatic amines is 1. The van der Waals surface area contributed by atoms with E-state index in [1.165, 1.54) is 16.5 Å². The molecule has 3 N–H and O–H groups in total. The standard InChI is InChI=1S/C16H18N2O3/c1-9-3-2-4-13-14(9)10(8-18-13)5-6-17-15(19)11-7-12(11)16(20)21/h2-4,8,11-12,18H,5-7H2,1H3,(H,17,19)(H,20,21)/t11-,12-/m1/s1. The molecule has 0 spiro atoms. The third kappa shape index (κ3) is 2.63. The van der Waals surface area contributed by atoms with Crippen molar-refractivity contribution in [2.75, 3.05) is 6.54 Å². The van der Waals surface area contributed by atoms with Crippen LogP contribution in [0.1, 0.15) is 17.5 Å². The molecule has 1 aliphatic rings. The van der Waals surface area contributed by atoms with Gasteiger partial charge < -0.3 is 15.4 Å². The summed E-state index contributed by atoms with van der Waals surface area (Å²) in [6, 6.07) is 6.12. The summed E-state index contributed by atoms with van der Waals surface area (Å²) in [4.78, 5) is 25.8. The number of carbonyl (C=O) groups excluding carboxylic acids is 1. The zero-order valence-corrected chi connectivity index (χ0v) is 11.8. The van der Waals surface area contributed by atoms with Crippen LogP contribution in [0.15, 0.2) is 24.4 Å². The second-order valence-electron chi connectivity index (χ2n) is 5.64. The van der Waals surface area contributed by atoms with Crippen molar-refractivity contribution in [2.45, 2.75) is 19.8 Å². The molecule has 110 valence electrons. The Balaban J connectivity index is 1.58. The molecule has 0 aliphatic heterocycles. The van der Waals surface area contributed by atoms with Crippen LogP contribution < -0.4 is 5.32 Å². The fraction of sp³-hybridized carbons (Fsp3) is 0.375. The Labute approximate surface area is 122 Å². The first-order valence-corrected chi connectivity index (χ1v) is 7.14. The van der Waals surface area contributed by atoms with Gasteiger partial charge >= 0.3 is 5.97 Å². The van der Waals surface area contributed by atoms with Gasteiger partial charge in [-0.3, -0.25) is 9.59 Å². The van der Waals surface area contributed by atoms with Crippen LogP contribution in [0.2, 0.25) is 0 Å². The average Bonchev–Trinajstić information content (AvgIpc) is 3.15. The molecule has 1 fully saturated rings. The van der Waals surface area contributed by atoms with Crippen molar-refractivity contribution in [3.8, 4) is 0 Å². The quantitative estimate of drug-likeness (QED) is 0.784. The maximum Gasteiger partial charge on any atom is 0.307 e. The van der Waals surface area contributed by atoms with Gasteiger partial charge in [-0.25, -0.2) is 0 Å². The summed E-state index contributed by atoms with van der Waals surface area (Å²) in [5.41, 5.74) is 3.49. The number of aryl methyl sites for hydroxylation is 1. The topological polar surface area (TPSA) is 82.2 Å². The van der Waals surface area contributed by atoms with Gasteiger partial charge in [0.05, 0.1) is 11.8 Å². The van der Waals surface area contributed by atoms with Gasteiger partial charge in [0.25, 0.3) is 0 Å². The minimum Gasteiger partial charge on any atom is -0.481 e. The largest absolute Gasteiger partial charge is 0.481 e. The summed E-state index contributed by atoms with van der Waals surface area (Å²) in [6.45, 7) is 2.60. The molecule has 0 unspecified atom stereocenters. The smallest absolute Gasteiger partial charge is 0.307 e. The number of hydrogen-bond acceptors (Lipinski definition) is 2. The number of benzene rings is 1. The van der Waals surface area contributed by atoms with E-state index in [1.54, 1.807) is 0 Å². The van der Waals surface area contributed by atoms with E-state index in [9.17, 15) is 9.59 Å². The van der Waals surface area contributed by atoms with Crippen LogP contribution in [0.5, 0.6) is 0 Å². The van der Waals surface area contributed by atoms with Crippen molar-refractivity contribution < 1.29 is 14.7 Å². The summed E-state index contributed by atoms with van der Waals surface area (Å²) in [5.74, 6) is -1.84. The van der Waals surface area contributed by atoms with Crippen LogP contribution >= 0.6 is 0 Å². The predicted molar refractivity (Wildman–Crippen MR) is 79.0 cm³/mol. The van der Waals surface area contributed by atoms with Gasteiger partial charge in [0.2, 0.25) is 5.91 Å². The number of aliphatic carboxylic acids is 1. The number of rotatable bonds is 5. The average molecular weight is 286 g/mol. The highest BCUT2D eigenvalue weighted by Gasteiger charge is 2.48. The second-order valence-corrected chi connectivity index (χ2v) is 5.64. The van der Waals surface area contributed by atoms with Crippen molar-refractivity contribution in [2.24, 2.45) is 11.8 Å². The van der Waals surface area contributed by atoms with Crippen LogP contribution in [0.4, 0.5) is 0 Å². The summed E-state index contributed by atoms with van der Waals surface area (Å²) in [7, 11) is 0. The van der Waals surface area contributed by atoms with Crippen molar-refractivity contribution in [3.63, 3.8) is 0 Å². The van der Waals surface area contributed by atoms with Gasteiger partial charge in [0.1, 0.15) is 0 Å². The predicted octanol–water partition coefficient (Wildman–Crippen LogP) is 1.86. The molecule has 1 aliphatic carbocycles. The highest BCUT2D eigenvalue weighted by Crippen LogP contribution is 2.38. The Kier molecular flexibility index (Phi) is 3.41. The lowest BCUT2D eigenvalue weighted by Crippen LogP contribution is -2.28. The maximum absolute atomic E-state index is 11.8. The molecule has 21 heavy (non-hydrogen) atoms. The molecule has 1 aromatic carbocycles. The van der Waals surface area contributed by atoms with E-state index in [0.717, 1.165) is 11.9 Å². The van der Waals surface area contributed by atoms with E-state index >= 15 is 0 Å². The van der Waals surface area contributed by atoms with Crippen molar-refractivity contribution in [1.82, 2.24) is 10.3 Å². The van der Waals surface area contributed by atoms with Crippen molar-refractivity contribution in [1.29, 1.82) is 0 Å². The number of amides is 1. The van der Waals surface area contributed by atoms with Crippen LogP contribution in [-0.2, 0) is 16.0 Å². The lowest BCUT2D eigenvalue weighted by atomic mass is 10.1. The van der Waals surface area contributed by atoms with Crippen LogP contribution in [0.25, 0.3) is 10.9 Å². The minimum absolute atomic E-state index is 0.140. The van der Waals surface area contributed by atoms with Crippen LogP contribution in [-0.4, -0.2) is 28.5 Å².